The number of ether oxygens (including phenoxy) is 2. The van der Waals surface area contributed by atoms with Crippen LogP contribution in [0.3, 0.4) is 0 Å². The van der Waals surface area contributed by atoms with Crippen LogP contribution in [0, 0.1) is 0 Å². The number of allylic oxidation sites excluding steroid dienone is 10. The van der Waals surface area contributed by atoms with Crippen LogP contribution in [-0.4, -0.2) is 36.4 Å². The van der Waals surface area contributed by atoms with E-state index in [1.54, 1.807) is 0 Å². The summed E-state index contributed by atoms with van der Waals surface area (Å²) in [6.07, 6.45) is 88.1. The highest BCUT2D eigenvalue weighted by molar-refractivity contribution is 5.70. The van der Waals surface area contributed by atoms with E-state index in [9.17, 15) is 14.7 Å². The van der Waals surface area contributed by atoms with Crippen LogP contribution in [0.4, 0.5) is 0 Å². The first-order chi connectivity index (χ1) is 36.6. The van der Waals surface area contributed by atoms with Crippen molar-refractivity contribution in [1.29, 1.82) is 0 Å². The molecule has 0 aromatic heterocycles. The number of aliphatic hydroxyl groups excluding tert-OH is 1. The van der Waals surface area contributed by atoms with E-state index in [0.717, 1.165) is 64.2 Å². The summed E-state index contributed by atoms with van der Waals surface area (Å²) < 4.78 is 10.7. The Labute approximate surface area is 461 Å². The Bertz CT molecular complexity index is 1260. The third-order valence-corrected chi connectivity index (χ3v) is 14.8. The van der Waals surface area contributed by atoms with Gasteiger partial charge in [0.1, 0.15) is 6.61 Å². The van der Waals surface area contributed by atoms with Crippen LogP contribution < -0.4 is 0 Å². The van der Waals surface area contributed by atoms with Crippen LogP contribution in [0.5, 0.6) is 0 Å². The number of carbonyl (C=O) groups is 2. The van der Waals surface area contributed by atoms with Crippen molar-refractivity contribution >= 4 is 11.9 Å². The largest absolute Gasteiger partial charge is 0.462 e. The molecule has 0 aliphatic heterocycles. The van der Waals surface area contributed by atoms with Gasteiger partial charge in [0.2, 0.25) is 0 Å². The Morgan fingerprint density at radius 3 is 0.892 bits per heavy atom. The summed E-state index contributed by atoms with van der Waals surface area (Å²) >= 11 is 0. The second kappa shape index (κ2) is 64.9. The van der Waals surface area contributed by atoms with Crippen LogP contribution in [-0.2, 0) is 19.1 Å². The van der Waals surface area contributed by atoms with Gasteiger partial charge in [-0.3, -0.25) is 9.59 Å². The summed E-state index contributed by atoms with van der Waals surface area (Å²) in [6, 6.07) is 0. The second-order valence-electron chi connectivity index (χ2n) is 22.2. The van der Waals surface area contributed by atoms with Gasteiger partial charge >= 0.3 is 11.9 Å². The summed E-state index contributed by atoms with van der Waals surface area (Å²) in [7, 11) is 0. The molecule has 0 heterocycles. The van der Waals surface area contributed by atoms with Gasteiger partial charge < -0.3 is 14.6 Å². The zero-order valence-electron chi connectivity index (χ0n) is 49.6. The predicted octanol–water partition coefficient (Wildman–Crippen LogP) is 22.5. The monoisotopic (exact) mass is 1030 g/mol. The predicted molar refractivity (Wildman–Crippen MR) is 325 cm³/mol. The van der Waals surface area contributed by atoms with E-state index in [1.165, 1.54) is 257 Å². The molecule has 0 saturated heterocycles. The Morgan fingerprint density at radius 1 is 0.324 bits per heavy atom. The minimum absolute atomic E-state index is 0.0618. The Kier molecular flexibility index (Phi) is 62.8. The minimum atomic E-state index is -0.771. The van der Waals surface area contributed by atoms with Gasteiger partial charge in [-0.25, -0.2) is 0 Å². The number of aliphatic hydroxyl groups is 1. The van der Waals surface area contributed by atoms with E-state index in [2.05, 4.69) is 74.6 Å². The van der Waals surface area contributed by atoms with Crippen LogP contribution in [0.1, 0.15) is 348 Å². The molecular weight excluding hydrogens is 909 g/mol. The van der Waals surface area contributed by atoms with Crippen molar-refractivity contribution in [2.75, 3.05) is 13.2 Å². The van der Waals surface area contributed by atoms with Crippen molar-refractivity contribution in [3.63, 3.8) is 0 Å². The van der Waals surface area contributed by atoms with Crippen LogP contribution in [0.15, 0.2) is 60.8 Å². The quantitative estimate of drug-likeness (QED) is 0.0373. The average Bonchev–Trinajstić information content (AvgIpc) is 3.40. The van der Waals surface area contributed by atoms with Crippen molar-refractivity contribution < 1.29 is 24.2 Å². The third-order valence-electron chi connectivity index (χ3n) is 14.8. The highest BCUT2D eigenvalue weighted by Gasteiger charge is 2.16. The van der Waals surface area contributed by atoms with Crippen LogP contribution in [0.25, 0.3) is 0 Å². The molecule has 0 amide bonds. The molecule has 1 atom stereocenters. The maximum absolute atomic E-state index is 12.3. The highest BCUT2D eigenvalue weighted by Crippen LogP contribution is 2.18. The van der Waals surface area contributed by atoms with Crippen molar-refractivity contribution in [1.82, 2.24) is 0 Å². The Hall–Kier alpha value is -2.40. The van der Waals surface area contributed by atoms with Crippen molar-refractivity contribution in [3.8, 4) is 0 Å². The molecule has 432 valence electrons. The van der Waals surface area contributed by atoms with Gasteiger partial charge in [0.15, 0.2) is 6.10 Å². The van der Waals surface area contributed by atoms with Gasteiger partial charge in [-0.05, 0) is 77.0 Å². The van der Waals surface area contributed by atoms with Gasteiger partial charge in [0.05, 0.1) is 6.61 Å². The summed E-state index contributed by atoms with van der Waals surface area (Å²) in [4.78, 5) is 24.6. The smallest absolute Gasteiger partial charge is 0.306 e. The van der Waals surface area contributed by atoms with Gasteiger partial charge in [0, 0.05) is 12.8 Å². The maximum atomic E-state index is 12.3. The molecule has 0 aromatic carbocycles. The van der Waals surface area contributed by atoms with E-state index in [0.29, 0.717) is 12.8 Å². The number of hydrogen-bond donors (Lipinski definition) is 1. The van der Waals surface area contributed by atoms with Crippen molar-refractivity contribution in [2.45, 2.75) is 354 Å². The lowest BCUT2D eigenvalue weighted by molar-refractivity contribution is -0.161. The molecule has 5 heteroatoms. The lowest BCUT2D eigenvalue weighted by Gasteiger charge is -2.15. The summed E-state index contributed by atoms with van der Waals surface area (Å²) in [5.41, 5.74) is 0. The average molecular weight is 1040 g/mol. The van der Waals surface area contributed by atoms with E-state index >= 15 is 0 Å². The van der Waals surface area contributed by atoms with E-state index in [-0.39, 0.29) is 25.2 Å². The molecule has 0 bridgehead atoms. The molecule has 74 heavy (non-hydrogen) atoms. The number of unbranched alkanes of at least 4 members (excludes halogenated alkanes) is 43. The fraction of sp³-hybridized carbons (Fsp3) is 0.826. The van der Waals surface area contributed by atoms with Gasteiger partial charge in [-0.15, -0.1) is 0 Å². The lowest BCUT2D eigenvalue weighted by Crippen LogP contribution is -2.28. The van der Waals surface area contributed by atoms with Gasteiger partial charge in [-0.1, -0.05) is 319 Å². The second-order valence-corrected chi connectivity index (χ2v) is 22.2. The molecule has 0 fully saturated rings. The van der Waals surface area contributed by atoms with Crippen molar-refractivity contribution in [3.05, 3.63) is 60.8 Å². The topological polar surface area (TPSA) is 72.8 Å². The van der Waals surface area contributed by atoms with Crippen LogP contribution >= 0.6 is 0 Å². The number of carbonyl (C=O) groups excluding carboxylic acids is 2. The molecule has 0 radical (unpaired) electrons. The molecule has 1 N–H and O–H groups in total. The zero-order chi connectivity index (χ0) is 53.4. The highest BCUT2D eigenvalue weighted by atomic mass is 16.6. The Balaban J connectivity index is 3.40. The van der Waals surface area contributed by atoms with E-state index in [4.69, 9.17) is 9.47 Å². The number of esters is 2. The molecule has 1 unspecified atom stereocenters. The first-order valence-corrected chi connectivity index (χ1v) is 32.8. The first kappa shape index (κ1) is 71.6. The molecular formula is C69H126O5. The molecule has 0 aromatic rings. The van der Waals surface area contributed by atoms with E-state index < -0.39 is 6.10 Å². The number of rotatable bonds is 61. The fourth-order valence-electron chi connectivity index (χ4n) is 9.90. The molecule has 0 aliphatic carbocycles. The third kappa shape index (κ3) is 62.1. The van der Waals surface area contributed by atoms with E-state index in [1.807, 2.05) is 0 Å². The minimum Gasteiger partial charge on any atom is -0.462 e. The standard InChI is InChI=1S/C69H126O5/c1-3-5-7-9-11-13-15-17-19-21-23-25-27-28-29-30-31-32-33-34-35-36-37-38-39-40-42-44-46-48-50-52-54-56-58-60-62-64-69(72)74-67(65-70)66-73-68(71)63-61-59-57-55-53-51-49-47-45-43-41-26-24-22-20-18-16-14-12-10-8-6-4-2/h5,7,11,13,17,19,22-25,67,70H,3-4,6,8-10,12,14-16,18,20-21,26-66H2,1-2H3/b7-5-,13-11-,19-17-,24-22-,25-23-. The van der Waals surface area contributed by atoms with Gasteiger partial charge in [-0.2, -0.15) is 0 Å². The fourth-order valence-corrected chi connectivity index (χ4v) is 9.90. The summed E-state index contributed by atoms with van der Waals surface area (Å²) in [6.45, 7) is 4.07. The molecule has 5 nitrogen and oxygen atoms in total. The number of hydrogen-bond acceptors (Lipinski definition) is 5. The van der Waals surface area contributed by atoms with Crippen LogP contribution in [0.2, 0.25) is 0 Å². The SMILES string of the molecule is CC/C=C\C/C=C\C/C=C\C/C=C\CCCCCCCCCCCCCCCCCCCCCCCCCCC(=O)OC(CO)COC(=O)CCCCCCCCCCCCC/C=C\CCCCCCCCCC. The summed E-state index contributed by atoms with van der Waals surface area (Å²) in [5, 5.41) is 9.68. The molecule has 0 spiro atoms. The lowest BCUT2D eigenvalue weighted by atomic mass is 10.0. The molecule has 0 rings (SSSR count). The molecule has 0 saturated carbocycles. The molecule has 0 aliphatic rings. The normalized spacial score (nSPS) is 12.5. The first-order valence-electron chi connectivity index (χ1n) is 32.8. The maximum Gasteiger partial charge on any atom is 0.306 e. The van der Waals surface area contributed by atoms with Gasteiger partial charge in [0.25, 0.3) is 0 Å². The summed E-state index contributed by atoms with van der Waals surface area (Å²) in [5.74, 6) is -0.572. The zero-order valence-corrected chi connectivity index (χ0v) is 49.6. The Morgan fingerprint density at radius 2 is 0.581 bits per heavy atom. The van der Waals surface area contributed by atoms with Crippen molar-refractivity contribution in [2.24, 2.45) is 0 Å².